The molecule has 0 saturated heterocycles. The third kappa shape index (κ3) is 4.19. The molecule has 3 heterocycles. The van der Waals surface area contributed by atoms with Crippen molar-refractivity contribution in [2.45, 2.75) is 12.7 Å². The van der Waals surface area contributed by atoms with Gasteiger partial charge in [0.05, 0.1) is 0 Å². The molecule has 0 aliphatic heterocycles. The lowest BCUT2D eigenvalue weighted by Gasteiger charge is -2.10. The fourth-order valence-electron chi connectivity index (χ4n) is 2.72. The normalized spacial score (nSPS) is 11.4. The fraction of sp³-hybridized carbons (Fsp3) is 0.105. The Kier molecular flexibility index (Phi) is 5.00. The van der Waals surface area contributed by atoms with Crippen LogP contribution in [-0.4, -0.2) is 30.7 Å². The first-order valence-electron chi connectivity index (χ1n) is 8.74. The summed E-state index contributed by atoms with van der Waals surface area (Å²) in [7, 11) is 0. The van der Waals surface area contributed by atoms with Crippen LogP contribution in [0.1, 0.15) is 21.7 Å². The quantitative estimate of drug-likeness (QED) is 0.521. The van der Waals surface area contributed by atoms with Gasteiger partial charge in [0.25, 0.3) is 11.7 Å². The molecule has 0 atom stereocenters. The van der Waals surface area contributed by atoms with Crippen molar-refractivity contribution in [1.29, 1.82) is 0 Å². The number of aromatic nitrogens is 5. The number of nitrogens with zero attached hydrogens (tertiary/aromatic N) is 5. The number of benzene rings is 1. The van der Waals surface area contributed by atoms with Gasteiger partial charge in [-0.2, -0.15) is 17.7 Å². The van der Waals surface area contributed by atoms with Crippen molar-refractivity contribution in [2.24, 2.45) is 0 Å². The molecule has 1 aromatic carbocycles. The number of pyridine rings is 1. The van der Waals surface area contributed by atoms with E-state index in [1.54, 1.807) is 30.3 Å². The van der Waals surface area contributed by atoms with Gasteiger partial charge in [-0.05, 0) is 42.0 Å². The maximum absolute atomic E-state index is 13.0. The van der Waals surface area contributed by atoms with Gasteiger partial charge < -0.3 is 10.6 Å². The number of amides is 1. The Hall–Kier alpha value is -4.02. The zero-order chi connectivity index (χ0) is 21.1. The van der Waals surface area contributed by atoms with Crippen molar-refractivity contribution in [1.82, 2.24) is 24.8 Å². The molecular formula is C19H14F3N7O. The number of hydrogen-bond donors (Lipinski definition) is 2. The van der Waals surface area contributed by atoms with Crippen LogP contribution in [0.2, 0.25) is 0 Å². The summed E-state index contributed by atoms with van der Waals surface area (Å²) in [6, 6.07) is 13.2. The van der Waals surface area contributed by atoms with Crippen LogP contribution < -0.4 is 10.6 Å². The van der Waals surface area contributed by atoms with Crippen LogP contribution in [0.5, 0.6) is 0 Å². The maximum atomic E-state index is 13.0. The third-order valence-corrected chi connectivity index (χ3v) is 4.12. The highest BCUT2D eigenvalue weighted by atomic mass is 19.4. The molecule has 4 rings (SSSR count). The van der Waals surface area contributed by atoms with E-state index in [0.29, 0.717) is 15.8 Å². The predicted octanol–water partition coefficient (Wildman–Crippen LogP) is 3.40. The minimum atomic E-state index is -4.66. The van der Waals surface area contributed by atoms with Crippen molar-refractivity contribution < 1.29 is 18.0 Å². The van der Waals surface area contributed by atoms with Crippen LogP contribution >= 0.6 is 0 Å². The number of fused-ring (bicyclic) bond motifs is 1. The van der Waals surface area contributed by atoms with Crippen LogP contribution in [0.15, 0.2) is 60.9 Å². The Bertz CT molecular complexity index is 1190. The van der Waals surface area contributed by atoms with Gasteiger partial charge in [-0.1, -0.05) is 12.1 Å². The third-order valence-electron chi connectivity index (χ3n) is 4.12. The van der Waals surface area contributed by atoms with Crippen LogP contribution in [0, 0.1) is 0 Å². The van der Waals surface area contributed by atoms with Gasteiger partial charge in [-0.3, -0.25) is 9.78 Å². The number of carbonyl (C=O) groups excluding carboxylic acids is 1. The lowest BCUT2D eigenvalue weighted by Crippen LogP contribution is -2.14. The van der Waals surface area contributed by atoms with Gasteiger partial charge in [0.1, 0.15) is 5.82 Å². The molecule has 4 aromatic rings. The van der Waals surface area contributed by atoms with E-state index in [1.807, 2.05) is 6.07 Å². The maximum Gasteiger partial charge on any atom is 0.453 e. The predicted molar refractivity (Wildman–Crippen MR) is 102 cm³/mol. The van der Waals surface area contributed by atoms with E-state index in [4.69, 9.17) is 0 Å². The van der Waals surface area contributed by atoms with E-state index < -0.39 is 12.0 Å². The van der Waals surface area contributed by atoms with Crippen molar-refractivity contribution in [2.75, 3.05) is 10.6 Å². The van der Waals surface area contributed by atoms with Crippen LogP contribution in [0.25, 0.3) is 5.65 Å². The number of halogens is 3. The first-order chi connectivity index (χ1) is 14.4. The van der Waals surface area contributed by atoms with Gasteiger partial charge >= 0.3 is 6.18 Å². The Morgan fingerprint density at radius 3 is 2.60 bits per heavy atom. The highest BCUT2D eigenvalue weighted by Gasteiger charge is 2.37. The highest BCUT2D eigenvalue weighted by molar-refractivity contribution is 6.04. The summed E-state index contributed by atoms with van der Waals surface area (Å²) in [6.07, 6.45) is -1.61. The SMILES string of the molecule is O=C(Nc1cccc(CNc2ccc3nnc(C(F)(F)F)n3n2)c1)c1ccncc1. The minimum Gasteiger partial charge on any atom is -0.365 e. The first-order valence-corrected chi connectivity index (χ1v) is 8.74. The van der Waals surface area contributed by atoms with Gasteiger partial charge in [-0.15, -0.1) is 15.3 Å². The number of alkyl halides is 3. The fourth-order valence-corrected chi connectivity index (χ4v) is 2.72. The molecule has 1 amide bonds. The molecular weight excluding hydrogens is 399 g/mol. The molecule has 3 aromatic heterocycles. The van der Waals surface area contributed by atoms with E-state index >= 15 is 0 Å². The molecule has 11 heteroatoms. The molecule has 30 heavy (non-hydrogen) atoms. The second-order valence-corrected chi connectivity index (χ2v) is 6.25. The summed E-state index contributed by atoms with van der Waals surface area (Å²) in [5, 5.41) is 16.3. The molecule has 0 unspecified atom stereocenters. The van der Waals surface area contributed by atoms with Gasteiger partial charge in [0.2, 0.25) is 0 Å². The molecule has 0 radical (unpaired) electrons. The average molecular weight is 413 g/mol. The molecule has 0 fully saturated rings. The monoisotopic (exact) mass is 413 g/mol. The Morgan fingerprint density at radius 1 is 1.03 bits per heavy atom. The Balaban J connectivity index is 1.46. The number of anilines is 2. The smallest absolute Gasteiger partial charge is 0.365 e. The zero-order valence-corrected chi connectivity index (χ0v) is 15.3. The minimum absolute atomic E-state index is 0.00584. The molecule has 0 aliphatic rings. The second-order valence-electron chi connectivity index (χ2n) is 6.25. The van der Waals surface area contributed by atoms with E-state index in [0.717, 1.165) is 5.56 Å². The van der Waals surface area contributed by atoms with Gasteiger partial charge in [0.15, 0.2) is 5.65 Å². The summed E-state index contributed by atoms with van der Waals surface area (Å²) >= 11 is 0. The summed E-state index contributed by atoms with van der Waals surface area (Å²) in [6.45, 7) is 0.279. The number of rotatable bonds is 5. The number of hydrogen-bond acceptors (Lipinski definition) is 6. The van der Waals surface area contributed by atoms with Crippen molar-refractivity contribution in [3.8, 4) is 0 Å². The lowest BCUT2D eigenvalue weighted by molar-refractivity contribution is -0.146. The standard InChI is InChI=1S/C19H14F3N7O/c20-19(21,22)18-27-26-16-5-4-15(28-29(16)18)24-11-12-2-1-3-14(10-12)25-17(30)13-6-8-23-9-7-13/h1-10H,11H2,(H,24,28)(H,25,30). The van der Waals surface area contributed by atoms with Crippen LogP contribution in [-0.2, 0) is 12.7 Å². The highest BCUT2D eigenvalue weighted by Crippen LogP contribution is 2.27. The van der Waals surface area contributed by atoms with E-state index in [1.165, 1.54) is 24.5 Å². The molecule has 0 spiro atoms. The lowest BCUT2D eigenvalue weighted by atomic mass is 10.2. The Labute approximate surface area is 167 Å². The van der Waals surface area contributed by atoms with E-state index in [9.17, 15) is 18.0 Å². The topological polar surface area (TPSA) is 97.1 Å². The first kappa shape index (κ1) is 19.3. The molecule has 2 N–H and O–H groups in total. The molecule has 8 nitrogen and oxygen atoms in total. The molecule has 152 valence electrons. The van der Waals surface area contributed by atoms with Crippen molar-refractivity contribution in [3.63, 3.8) is 0 Å². The van der Waals surface area contributed by atoms with Crippen molar-refractivity contribution in [3.05, 3.63) is 77.9 Å². The average Bonchev–Trinajstić information content (AvgIpc) is 3.17. The van der Waals surface area contributed by atoms with Gasteiger partial charge in [0, 0.05) is 30.2 Å². The van der Waals surface area contributed by atoms with Crippen LogP contribution in [0.4, 0.5) is 24.7 Å². The van der Waals surface area contributed by atoms with Crippen LogP contribution in [0.3, 0.4) is 0 Å². The summed E-state index contributed by atoms with van der Waals surface area (Å²) in [4.78, 5) is 16.1. The zero-order valence-electron chi connectivity index (χ0n) is 15.3. The van der Waals surface area contributed by atoms with Gasteiger partial charge in [-0.25, -0.2) is 0 Å². The largest absolute Gasteiger partial charge is 0.453 e. The number of nitrogens with one attached hydrogen (secondary N) is 2. The summed E-state index contributed by atoms with van der Waals surface area (Å²) in [5.74, 6) is -1.25. The number of carbonyl (C=O) groups is 1. The van der Waals surface area contributed by atoms with Crippen molar-refractivity contribution >= 4 is 23.1 Å². The summed E-state index contributed by atoms with van der Waals surface area (Å²) in [5.41, 5.74) is 1.84. The molecule has 0 saturated carbocycles. The van der Waals surface area contributed by atoms with E-state index in [2.05, 4.69) is 30.9 Å². The summed E-state index contributed by atoms with van der Waals surface area (Å²) < 4.78 is 39.6. The second kappa shape index (κ2) is 7.78. The Morgan fingerprint density at radius 2 is 1.83 bits per heavy atom. The molecule has 0 aliphatic carbocycles. The molecule has 0 bridgehead atoms. The van der Waals surface area contributed by atoms with E-state index in [-0.39, 0.29) is 23.9 Å².